The minimum Gasteiger partial charge on any atom is -0.368 e. The van der Waals surface area contributed by atoms with E-state index in [4.69, 9.17) is 5.73 Å². The molecule has 1 fully saturated rings. The Bertz CT molecular complexity index is 751. The van der Waals surface area contributed by atoms with E-state index in [1.807, 2.05) is 19.1 Å². The van der Waals surface area contributed by atoms with Gasteiger partial charge in [-0.3, -0.25) is 18.8 Å². The van der Waals surface area contributed by atoms with E-state index in [0.29, 0.717) is 23.8 Å². The Kier molecular flexibility index (Phi) is 9.11. The third kappa shape index (κ3) is 7.49. The zero-order valence-electron chi connectivity index (χ0n) is 17.1. The summed E-state index contributed by atoms with van der Waals surface area (Å²) in [6.07, 6.45) is 4.05. The van der Waals surface area contributed by atoms with Gasteiger partial charge in [0.15, 0.2) is 5.96 Å². The lowest BCUT2D eigenvalue weighted by Crippen LogP contribution is -2.46. The predicted octanol–water partition coefficient (Wildman–Crippen LogP) is 0.647. The van der Waals surface area contributed by atoms with Crippen molar-refractivity contribution in [3.63, 3.8) is 0 Å². The maximum atomic E-state index is 12.1. The smallest absolute Gasteiger partial charge is 0.251 e. The van der Waals surface area contributed by atoms with E-state index in [2.05, 4.69) is 20.9 Å². The molecule has 0 aliphatic heterocycles. The fraction of sp³-hybridized carbons (Fsp3) is 0.550. The summed E-state index contributed by atoms with van der Waals surface area (Å²) in [6, 6.07) is 7.37. The Balaban J connectivity index is 1.83. The van der Waals surface area contributed by atoms with Crippen molar-refractivity contribution in [3.8, 4) is 0 Å². The molecule has 160 valence electrons. The standard InChI is InChI=1S/C20H31N5O3S/c1-3-29(28)17-6-4-5-16(11-17)25-20(22-2)24-12-14-7-9-15(10-8-14)19(27)23-13-18(21)26/h7-10,16-17H,3-6,11-13H2,1-2H3,(H2,21,26)(H,23,27)(H2,22,24,25). The van der Waals surface area contributed by atoms with E-state index in [0.717, 1.165) is 31.2 Å². The minimum absolute atomic E-state index is 0.183. The Morgan fingerprint density at radius 2 is 1.93 bits per heavy atom. The van der Waals surface area contributed by atoms with Gasteiger partial charge in [-0.25, -0.2) is 0 Å². The Morgan fingerprint density at radius 3 is 2.55 bits per heavy atom. The molecule has 1 aromatic rings. The zero-order chi connectivity index (χ0) is 21.2. The molecule has 0 spiro atoms. The number of nitrogens with two attached hydrogens (primary N) is 1. The molecule has 3 atom stereocenters. The topological polar surface area (TPSA) is 126 Å². The van der Waals surface area contributed by atoms with Gasteiger partial charge < -0.3 is 21.7 Å². The highest BCUT2D eigenvalue weighted by Gasteiger charge is 2.26. The molecule has 9 heteroatoms. The molecule has 1 aliphatic rings. The molecule has 0 radical (unpaired) electrons. The molecule has 0 saturated heterocycles. The molecule has 3 unspecified atom stereocenters. The number of amides is 2. The van der Waals surface area contributed by atoms with Crippen molar-refractivity contribution in [2.75, 3.05) is 19.3 Å². The van der Waals surface area contributed by atoms with E-state index < -0.39 is 16.7 Å². The molecule has 0 bridgehead atoms. The first kappa shape index (κ1) is 22.9. The van der Waals surface area contributed by atoms with E-state index in [-0.39, 0.29) is 23.7 Å². The van der Waals surface area contributed by atoms with Crippen LogP contribution in [-0.2, 0) is 22.1 Å². The van der Waals surface area contributed by atoms with Gasteiger partial charge in [-0.1, -0.05) is 25.5 Å². The normalized spacial score (nSPS) is 20.6. The number of hydrogen-bond donors (Lipinski definition) is 4. The number of benzene rings is 1. The molecule has 5 N–H and O–H groups in total. The predicted molar refractivity (Wildman–Crippen MR) is 116 cm³/mol. The molecule has 8 nitrogen and oxygen atoms in total. The summed E-state index contributed by atoms with van der Waals surface area (Å²) in [7, 11) is 0.975. The van der Waals surface area contributed by atoms with Crippen molar-refractivity contribution in [1.29, 1.82) is 0 Å². The highest BCUT2D eigenvalue weighted by molar-refractivity contribution is 7.85. The van der Waals surface area contributed by atoms with Crippen LogP contribution in [0.1, 0.15) is 48.5 Å². The van der Waals surface area contributed by atoms with Gasteiger partial charge in [0.25, 0.3) is 5.91 Å². The number of rotatable bonds is 8. The van der Waals surface area contributed by atoms with Gasteiger partial charge in [0.1, 0.15) is 0 Å². The van der Waals surface area contributed by atoms with E-state index in [1.165, 1.54) is 0 Å². The van der Waals surface area contributed by atoms with Crippen LogP contribution < -0.4 is 21.7 Å². The second-order valence-corrected chi connectivity index (χ2v) is 9.08. The Labute approximate surface area is 174 Å². The van der Waals surface area contributed by atoms with Crippen LogP contribution >= 0.6 is 0 Å². The van der Waals surface area contributed by atoms with Gasteiger partial charge in [-0.15, -0.1) is 0 Å². The number of hydrogen-bond acceptors (Lipinski definition) is 4. The number of guanidine groups is 1. The summed E-state index contributed by atoms with van der Waals surface area (Å²) >= 11 is 0. The molecule has 1 aromatic carbocycles. The third-order valence-electron chi connectivity index (χ3n) is 4.95. The SMILES string of the molecule is CCS(=O)C1CCCC(NC(=NC)NCc2ccc(C(=O)NCC(N)=O)cc2)C1. The van der Waals surface area contributed by atoms with Gasteiger partial charge >= 0.3 is 0 Å². The van der Waals surface area contributed by atoms with Crippen LogP contribution in [0, 0.1) is 0 Å². The molecule has 1 saturated carbocycles. The van der Waals surface area contributed by atoms with Crippen molar-refractivity contribution in [1.82, 2.24) is 16.0 Å². The summed E-state index contributed by atoms with van der Waals surface area (Å²) in [6.45, 7) is 2.35. The quantitative estimate of drug-likeness (QED) is 0.362. The van der Waals surface area contributed by atoms with Crippen LogP contribution in [0.25, 0.3) is 0 Å². The van der Waals surface area contributed by atoms with Gasteiger partial charge in [0, 0.05) is 47.0 Å². The lowest BCUT2D eigenvalue weighted by atomic mass is 9.95. The monoisotopic (exact) mass is 421 g/mol. The first-order valence-electron chi connectivity index (χ1n) is 9.92. The van der Waals surface area contributed by atoms with Crippen molar-refractivity contribution >= 4 is 28.6 Å². The fourth-order valence-corrected chi connectivity index (χ4v) is 4.72. The molecule has 0 aromatic heterocycles. The van der Waals surface area contributed by atoms with Gasteiger partial charge in [0.05, 0.1) is 6.54 Å². The molecule has 29 heavy (non-hydrogen) atoms. The summed E-state index contributed by atoms with van der Waals surface area (Å²) in [4.78, 5) is 26.9. The summed E-state index contributed by atoms with van der Waals surface area (Å²) in [5, 5.41) is 9.44. The van der Waals surface area contributed by atoms with Crippen molar-refractivity contribution < 1.29 is 13.8 Å². The van der Waals surface area contributed by atoms with Gasteiger partial charge in [-0.2, -0.15) is 0 Å². The van der Waals surface area contributed by atoms with Crippen LogP contribution in [0.3, 0.4) is 0 Å². The van der Waals surface area contributed by atoms with Crippen molar-refractivity contribution in [2.45, 2.75) is 50.4 Å². The summed E-state index contributed by atoms with van der Waals surface area (Å²) in [5.74, 6) is 0.502. The molecule has 0 heterocycles. The highest BCUT2D eigenvalue weighted by Crippen LogP contribution is 2.23. The fourth-order valence-electron chi connectivity index (χ4n) is 3.37. The second-order valence-electron chi connectivity index (χ2n) is 7.07. The van der Waals surface area contributed by atoms with Crippen LogP contribution in [0.2, 0.25) is 0 Å². The van der Waals surface area contributed by atoms with Crippen LogP contribution in [0.4, 0.5) is 0 Å². The first-order valence-corrected chi connectivity index (χ1v) is 11.3. The average molecular weight is 422 g/mol. The van der Waals surface area contributed by atoms with Gasteiger partial charge in [0.2, 0.25) is 5.91 Å². The Hall–Kier alpha value is -2.42. The number of nitrogens with zero attached hydrogens (tertiary/aromatic N) is 1. The number of primary amides is 1. The van der Waals surface area contributed by atoms with Crippen LogP contribution in [0.5, 0.6) is 0 Å². The maximum Gasteiger partial charge on any atom is 0.251 e. The minimum atomic E-state index is -0.754. The number of carbonyl (C=O) groups excluding carboxylic acids is 2. The maximum absolute atomic E-state index is 12.1. The second kappa shape index (κ2) is 11.5. The van der Waals surface area contributed by atoms with E-state index in [1.54, 1.807) is 19.2 Å². The lowest BCUT2D eigenvalue weighted by molar-refractivity contribution is -0.117. The van der Waals surface area contributed by atoms with E-state index in [9.17, 15) is 13.8 Å². The van der Waals surface area contributed by atoms with Crippen molar-refractivity contribution in [3.05, 3.63) is 35.4 Å². The van der Waals surface area contributed by atoms with Crippen molar-refractivity contribution in [2.24, 2.45) is 10.7 Å². The zero-order valence-corrected chi connectivity index (χ0v) is 17.9. The average Bonchev–Trinajstić information content (AvgIpc) is 2.74. The lowest BCUT2D eigenvalue weighted by Gasteiger charge is -2.30. The third-order valence-corrected chi connectivity index (χ3v) is 6.69. The highest BCUT2D eigenvalue weighted by atomic mass is 32.2. The van der Waals surface area contributed by atoms with Crippen LogP contribution in [-0.4, -0.2) is 52.6 Å². The molecule has 2 rings (SSSR count). The summed E-state index contributed by atoms with van der Waals surface area (Å²) < 4.78 is 12.1. The Morgan fingerprint density at radius 1 is 1.21 bits per heavy atom. The number of carbonyl (C=O) groups is 2. The van der Waals surface area contributed by atoms with Crippen LogP contribution in [0.15, 0.2) is 29.3 Å². The molecular formula is C20H31N5O3S. The largest absolute Gasteiger partial charge is 0.368 e. The van der Waals surface area contributed by atoms with E-state index >= 15 is 0 Å². The summed E-state index contributed by atoms with van der Waals surface area (Å²) in [5.41, 5.74) is 6.49. The number of nitrogens with one attached hydrogen (secondary N) is 3. The molecule has 2 amide bonds. The first-order chi connectivity index (χ1) is 13.9. The molecular weight excluding hydrogens is 390 g/mol. The molecule has 1 aliphatic carbocycles. The number of aliphatic imine (C=N–C) groups is 1. The van der Waals surface area contributed by atoms with Gasteiger partial charge in [-0.05, 0) is 37.0 Å².